The van der Waals surface area contributed by atoms with E-state index in [9.17, 15) is 9.59 Å². The Morgan fingerprint density at radius 2 is 1.89 bits per heavy atom. The third-order valence-corrected chi connectivity index (χ3v) is 6.44. The van der Waals surface area contributed by atoms with E-state index in [-0.39, 0.29) is 17.3 Å². The first-order valence-corrected chi connectivity index (χ1v) is 10.5. The molecule has 3 aromatic rings. The van der Waals surface area contributed by atoms with Gasteiger partial charge in [-0.2, -0.15) is 0 Å². The van der Waals surface area contributed by atoms with Gasteiger partial charge >= 0.3 is 5.69 Å². The molecule has 1 aliphatic heterocycles. The summed E-state index contributed by atoms with van der Waals surface area (Å²) >= 11 is 0. The molecule has 2 fully saturated rings. The van der Waals surface area contributed by atoms with Crippen LogP contribution in [0.3, 0.4) is 0 Å². The molecule has 0 unspecified atom stereocenters. The molecule has 7 nitrogen and oxygen atoms in total. The van der Waals surface area contributed by atoms with Crippen molar-refractivity contribution in [1.82, 2.24) is 24.4 Å². The Labute approximate surface area is 162 Å². The first kappa shape index (κ1) is 17.7. The van der Waals surface area contributed by atoms with E-state index in [1.54, 1.807) is 17.0 Å². The highest BCUT2D eigenvalue weighted by Crippen LogP contribution is 2.34. The van der Waals surface area contributed by atoms with Crippen LogP contribution in [0.25, 0.3) is 21.9 Å². The van der Waals surface area contributed by atoms with E-state index in [1.165, 1.54) is 32.1 Å². The monoisotopic (exact) mass is 381 g/mol. The molecule has 0 atom stereocenters. The molecule has 3 aromatic heterocycles. The molecule has 0 aromatic carbocycles. The molecule has 2 aliphatic rings. The van der Waals surface area contributed by atoms with Crippen molar-refractivity contribution in [2.24, 2.45) is 5.92 Å². The predicted molar refractivity (Wildman–Crippen MR) is 110 cm³/mol. The fourth-order valence-electron chi connectivity index (χ4n) is 4.67. The molecule has 2 N–H and O–H groups in total. The molecule has 0 spiro atoms. The van der Waals surface area contributed by atoms with Gasteiger partial charge in [-0.15, -0.1) is 0 Å². The fourth-order valence-corrected chi connectivity index (χ4v) is 4.67. The number of rotatable bonds is 6. The number of nitrogens with zero attached hydrogens (tertiary/aromatic N) is 3. The predicted octanol–water partition coefficient (Wildman–Crippen LogP) is 2.78. The number of hydrogen-bond acceptors (Lipinski definition) is 4. The second kappa shape index (κ2) is 7.20. The highest BCUT2D eigenvalue weighted by molar-refractivity contribution is 6.01. The first-order valence-electron chi connectivity index (χ1n) is 10.5. The van der Waals surface area contributed by atoms with Gasteiger partial charge in [0.1, 0.15) is 5.65 Å². The van der Waals surface area contributed by atoms with Gasteiger partial charge in [-0.3, -0.25) is 14.3 Å². The maximum absolute atomic E-state index is 12.7. The summed E-state index contributed by atoms with van der Waals surface area (Å²) in [7, 11) is 0. The van der Waals surface area contributed by atoms with Gasteiger partial charge in [0.2, 0.25) is 0 Å². The van der Waals surface area contributed by atoms with E-state index in [1.807, 2.05) is 6.07 Å². The third kappa shape index (κ3) is 3.28. The fraction of sp³-hybridized carbons (Fsp3) is 0.571. The van der Waals surface area contributed by atoms with Crippen LogP contribution in [0, 0.1) is 5.92 Å². The lowest BCUT2D eigenvalue weighted by Crippen LogP contribution is -2.40. The van der Waals surface area contributed by atoms with Crippen LogP contribution in [0.4, 0.5) is 0 Å². The number of piperidine rings is 1. The van der Waals surface area contributed by atoms with Gasteiger partial charge in [0.15, 0.2) is 0 Å². The molecule has 7 heteroatoms. The lowest BCUT2D eigenvalue weighted by Gasteiger charge is -2.33. The Hall–Kier alpha value is -2.41. The number of nitrogens with one attached hydrogen (secondary N) is 2. The van der Waals surface area contributed by atoms with Crippen LogP contribution >= 0.6 is 0 Å². The second-order valence-electron chi connectivity index (χ2n) is 8.40. The van der Waals surface area contributed by atoms with Crippen LogP contribution < -0.4 is 11.2 Å². The molecule has 28 heavy (non-hydrogen) atoms. The van der Waals surface area contributed by atoms with Crippen LogP contribution in [-0.4, -0.2) is 44.1 Å². The van der Waals surface area contributed by atoms with Crippen molar-refractivity contribution >= 4 is 21.9 Å². The van der Waals surface area contributed by atoms with Gasteiger partial charge in [0.25, 0.3) is 5.56 Å². The summed E-state index contributed by atoms with van der Waals surface area (Å²) in [6.07, 6.45) is 12.1. The highest BCUT2D eigenvalue weighted by atomic mass is 16.2. The third-order valence-electron chi connectivity index (χ3n) is 6.44. The van der Waals surface area contributed by atoms with Crippen LogP contribution in [0.1, 0.15) is 51.0 Å². The average molecular weight is 381 g/mol. The minimum absolute atomic E-state index is 0.107. The highest BCUT2D eigenvalue weighted by Gasteiger charge is 2.25. The summed E-state index contributed by atoms with van der Waals surface area (Å²) < 4.78 is 1.80. The van der Waals surface area contributed by atoms with Gasteiger partial charge in [0, 0.05) is 36.9 Å². The molecule has 4 heterocycles. The van der Waals surface area contributed by atoms with Crippen molar-refractivity contribution in [1.29, 1.82) is 0 Å². The van der Waals surface area contributed by atoms with E-state index in [4.69, 9.17) is 0 Å². The minimum Gasteiger partial charge on any atom is -0.346 e. The molecule has 148 valence electrons. The van der Waals surface area contributed by atoms with E-state index >= 15 is 0 Å². The molecule has 5 rings (SSSR count). The maximum Gasteiger partial charge on any atom is 0.329 e. The Morgan fingerprint density at radius 1 is 1.07 bits per heavy atom. The van der Waals surface area contributed by atoms with Crippen LogP contribution in [0.15, 0.2) is 28.0 Å². The molecule has 1 aliphatic carbocycles. The molecule has 1 saturated carbocycles. The molecule has 1 saturated heterocycles. The SMILES string of the molecule is O=c1[nH]c(=O)n(C2CCN(CCCCC3CC3)CC2)c2c1cnc1[nH]ccc12. The normalized spacial score (nSPS) is 19.0. The first-order chi connectivity index (χ1) is 13.7. The van der Waals surface area contributed by atoms with Crippen molar-refractivity contribution < 1.29 is 0 Å². The van der Waals surface area contributed by atoms with Crippen molar-refractivity contribution in [2.45, 2.75) is 51.0 Å². The summed E-state index contributed by atoms with van der Waals surface area (Å²) in [5, 5.41) is 1.32. The maximum atomic E-state index is 12.7. The van der Waals surface area contributed by atoms with Crippen LogP contribution in [-0.2, 0) is 0 Å². The number of hydrogen-bond donors (Lipinski definition) is 2. The lowest BCUT2D eigenvalue weighted by molar-refractivity contribution is 0.183. The lowest BCUT2D eigenvalue weighted by atomic mass is 10.0. The van der Waals surface area contributed by atoms with E-state index in [2.05, 4.69) is 19.9 Å². The number of likely N-dealkylation sites (tertiary alicyclic amines) is 1. The zero-order valence-electron chi connectivity index (χ0n) is 16.1. The quantitative estimate of drug-likeness (QED) is 0.643. The summed E-state index contributed by atoms with van der Waals surface area (Å²) in [6, 6.07) is 2.00. The molecular weight excluding hydrogens is 354 g/mol. The summed E-state index contributed by atoms with van der Waals surface area (Å²) in [5.41, 5.74) is 0.747. The Bertz CT molecular complexity index is 1100. The average Bonchev–Trinajstić information content (AvgIpc) is 3.40. The number of unbranched alkanes of at least 4 members (excludes halogenated alkanes) is 1. The van der Waals surface area contributed by atoms with E-state index < -0.39 is 0 Å². The number of aromatic amines is 2. The van der Waals surface area contributed by atoms with Crippen LogP contribution in [0.5, 0.6) is 0 Å². The molecule has 0 radical (unpaired) electrons. The standard InChI is InChI=1S/C21H27N5O2/c27-20-17-13-23-19-16(6-9-22-19)18(17)26(21(28)24-20)15-7-11-25(12-8-15)10-2-1-3-14-4-5-14/h6,9,13-15H,1-5,7-8,10-12H2,(H,22,23)(H,24,27,28). The summed E-state index contributed by atoms with van der Waals surface area (Å²) in [6.45, 7) is 3.16. The van der Waals surface area contributed by atoms with E-state index in [0.717, 1.165) is 43.8 Å². The van der Waals surface area contributed by atoms with Crippen molar-refractivity contribution in [2.75, 3.05) is 19.6 Å². The van der Waals surface area contributed by atoms with Gasteiger partial charge in [-0.05, 0) is 37.8 Å². The Kier molecular flexibility index (Phi) is 4.55. The largest absolute Gasteiger partial charge is 0.346 e. The summed E-state index contributed by atoms with van der Waals surface area (Å²) in [5.74, 6) is 1.02. The number of H-pyrrole nitrogens is 2. The molecular formula is C21H27N5O2. The van der Waals surface area contributed by atoms with Crippen LogP contribution in [0.2, 0.25) is 0 Å². The van der Waals surface area contributed by atoms with Crippen molar-refractivity contribution in [3.63, 3.8) is 0 Å². The number of pyridine rings is 1. The molecule has 0 bridgehead atoms. The van der Waals surface area contributed by atoms with Crippen molar-refractivity contribution in [3.05, 3.63) is 39.3 Å². The topological polar surface area (TPSA) is 86.8 Å². The van der Waals surface area contributed by atoms with E-state index in [0.29, 0.717) is 16.6 Å². The van der Waals surface area contributed by atoms with Gasteiger partial charge in [-0.1, -0.05) is 25.7 Å². The Morgan fingerprint density at radius 3 is 2.68 bits per heavy atom. The zero-order valence-corrected chi connectivity index (χ0v) is 16.1. The minimum atomic E-state index is -0.361. The second-order valence-corrected chi connectivity index (χ2v) is 8.40. The van der Waals surface area contributed by atoms with Gasteiger partial charge < -0.3 is 9.88 Å². The smallest absolute Gasteiger partial charge is 0.329 e. The number of aromatic nitrogens is 4. The van der Waals surface area contributed by atoms with Gasteiger partial charge in [-0.25, -0.2) is 9.78 Å². The molecule has 0 amide bonds. The Balaban J connectivity index is 1.37. The summed E-state index contributed by atoms with van der Waals surface area (Å²) in [4.78, 5) is 37.5. The number of fused-ring (bicyclic) bond motifs is 3. The van der Waals surface area contributed by atoms with Gasteiger partial charge in [0.05, 0.1) is 10.9 Å². The zero-order chi connectivity index (χ0) is 19.1. The van der Waals surface area contributed by atoms with Crippen molar-refractivity contribution in [3.8, 4) is 0 Å².